The van der Waals surface area contributed by atoms with Crippen molar-refractivity contribution >= 4 is 11.6 Å². The molecular formula is C12H16ClF2N. The standard InChI is InChI=1S/C12H16ClF2N/c1-3-4-7(2)12(16)8-5-10(14)11(15)6-9(8)13/h5-7,12H,3-4,16H2,1-2H3. The molecule has 1 aromatic carbocycles. The van der Waals surface area contributed by atoms with E-state index in [-0.39, 0.29) is 17.0 Å². The minimum atomic E-state index is -0.941. The minimum Gasteiger partial charge on any atom is -0.324 e. The van der Waals surface area contributed by atoms with Crippen LogP contribution in [0.15, 0.2) is 12.1 Å². The van der Waals surface area contributed by atoms with E-state index < -0.39 is 11.6 Å². The molecule has 2 N–H and O–H groups in total. The first-order chi connectivity index (χ1) is 7.47. The Morgan fingerprint density at radius 3 is 2.44 bits per heavy atom. The van der Waals surface area contributed by atoms with Gasteiger partial charge in [0, 0.05) is 11.1 Å². The molecule has 0 bridgehead atoms. The fourth-order valence-electron chi connectivity index (χ4n) is 1.73. The van der Waals surface area contributed by atoms with Crippen molar-refractivity contribution in [2.24, 2.45) is 11.7 Å². The van der Waals surface area contributed by atoms with Crippen LogP contribution in [0.3, 0.4) is 0 Å². The topological polar surface area (TPSA) is 26.0 Å². The summed E-state index contributed by atoms with van der Waals surface area (Å²) in [5.41, 5.74) is 6.44. The Morgan fingerprint density at radius 1 is 1.31 bits per heavy atom. The van der Waals surface area contributed by atoms with Crippen LogP contribution >= 0.6 is 11.6 Å². The number of nitrogens with two attached hydrogens (primary N) is 1. The second kappa shape index (κ2) is 5.60. The molecule has 0 aliphatic carbocycles. The van der Waals surface area contributed by atoms with Gasteiger partial charge >= 0.3 is 0 Å². The molecule has 0 aliphatic heterocycles. The summed E-state index contributed by atoms with van der Waals surface area (Å²) in [5.74, 6) is -1.66. The summed E-state index contributed by atoms with van der Waals surface area (Å²) >= 11 is 5.85. The van der Waals surface area contributed by atoms with Crippen molar-refractivity contribution in [3.05, 3.63) is 34.4 Å². The molecule has 0 spiro atoms. The van der Waals surface area contributed by atoms with Crippen LogP contribution in [0.2, 0.25) is 5.02 Å². The SMILES string of the molecule is CCCC(C)C(N)c1cc(F)c(F)cc1Cl. The Hall–Kier alpha value is -0.670. The lowest BCUT2D eigenvalue weighted by atomic mass is 9.92. The van der Waals surface area contributed by atoms with Gasteiger partial charge in [0.05, 0.1) is 0 Å². The van der Waals surface area contributed by atoms with Gasteiger partial charge in [0.25, 0.3) is 0 Å². The molecule has 0 fully saturated rings. The lowest BCUT2D eigenvalue weighted by Gasteiger charge is -2.20. The van der Waals surface area contributed by atoms with E-state index in [1.807, 2.05) is 6.92 Å². The molecule has 1 nitrogen and oxygen atoms in total. The van der Waals surface area contributed by atoms with E-state index in [0.29, 0.717) is 5.56 Å². The smallest absolute Gasteiger partial charge is 0.160 e. The highest BCUT2D eigenvalue weighted by Gasteiger charge is 2.19. The maximum atomic E-state index is 13.1. The average molecular weight is 248 g/mol. The van der Waals surface area contributed by atoms with Crippen molar-refractivity contribution in [3.63, 3.8) is 0 Å². The molecule has 0 saturated carbocycles. The monoisotopic (exact) mass is 247 g/mol. The Labute approximate surface area is 99.6 Å². The molecule has 2 unspecified atom stereocenters. The van der Waals surface area contributed by atoms with Crippen molar-refractivity contribution < 1.29 is 8.78 Å². The summed E-state index contributed by atoms with van der Waals surface area (Å²) in [4.78, 5) is 0. The van der Waals surface area contributed by atoms with E-state index in [4.69, 9.17) is 17.3 Å². The Kier molecular flexibility index (Phi) is 4.69. The Morgan fingerprint density at radius 2 is 1.88 bits per heavy atom. The third-order valence-corrected chi connectivity index (χ3v) is 3.08. The zero-order valence-electron chi connectivity index (χ0n) is 9.43. The molecule has 0 amide bonds. The second-order valence-corrected chi connectivity index (χ2v) is 4.49. The summed E-state index contributed by atoms with van der Waals surface area (Å²) < 4.78 is 26.0. The van der Waals surface area contributed by atoms with Crippen LogP contribution in [0.5, 0.6) is 0 Å². The second-order valence-electron chi connectivity index (χ2n) is 4.08. The molecule has 1 aromatic rings. The number of hydrogen-bond acceptors (Lipinski definition) is 1. The predicted octanol–water partition coefficient (Wildman–Crippen LogP) is 4.05. The summed E-state index contributed by atoms with van der Waals surface area (Å²) in [5, 5.41) is 0.189. The molecule has 2 atom stereocenters. The molecule has 90 valence electrons. The maximum Gasteiger partial charge on any atom is 0.160 e. The molecule has 0 aliphatic rings. The summed E-state index contributed by atoms with van der Waals surface area (Å²) in [7, 11) is 0. The fraction of sp³-hybridized carbons (Fsp3) is 0.500. The van der Waals surface area contributed by atoms with Gasteiger partial charge in [-0.05, 0) is 30.0 Å². The quantitative estimate of drug-likeness (QED) is 0.798. The number of halogens is 3. The summed E-state index contributed by atoms with van der Waals surface area (Å²) in [6.07, 6.45) is 1.92. The van der Waals surface area contributed by atoms with E-state index in [1.54, 1.807) is 0 Å². The summed E-state index contributed by atoms with van der Waals surface area (Å²) in [6.45, 7) is 4.03. The minimum absolute atomic E-state index is 0.187. The molecule has 0 heterocycles. The van der Waals surface area contributed by atoms with Gasteiger partial charge in [-0.25, -0.2) is 8.78 Å². The first kappa shape index (κ1) is 13.4. The zero-order valence-corrected chi connectivity index (χ0v) is 10.2. The van der Waals surface area contributed by atoms with Crippen molar-refractivity contribution in [1.82, 2.24) is 0 Å². The van der Waals surface area contributed by atoms with E-state index in [2.05, 4.69) is 6.92 Å². The van der Waals surface area contributed by atoms with Gasteiger partial charge < -0.3 is 5.73 Å². The molecule has 0 saturated heterocycles. The normalized spacial score (nSPS) is 14.9. The van der Waals surface area contributed by atoms with Crippen molar-refractivity contribution in [2.75, 3.05) is 0 Å². The fourth-order valence-corrected chi connectivity index (χ4v) is 2.01. The molecule has 0 aromatic heterocycles. The third-order valence-electron chi connectivity index (χ3n) is 2.76. The van der Waals surface area contributed by atoms with Crippen LogP contribution in [0, 0.1) is 17.6 Å². The maximum absolute atomic E-state index is 13.1. The lowest BCUT2D eigenvalue weighted by molar-refractivity contribution is 0.429. The molecule has 16 heavy (non-hydrogen) atoms. The first-order valence-electron chi connectivity index (χ1n) is 5.37. The number of rotatable bonds is 4. The van der Waals surface area contributed by atoms with Gasteiger partial charge in [-0.1, -0.05) is 31.9 Å². The van der Waals surface area contributed by atoms with Crippen LogP contribution < -0.4 is 5.73 Å². The van der Waals surface area contributed by atoms with Crippen molar-refractivity contribution in [1.29, 1.82) is 0 Å². The average Bonchev–Trinajstić information content (AvgIpc) is 2.23. The highest BCUT2D eigenvalue weighted by molar-refractivity contribution is 6.31. The van der Waals surface area contributed by atoms with Crippen LogP contribution in [-0.2, 0) is 0 Å². The van der Waals surface area contributed by atoms with E-state index in [9.17, 15) is 8.78 Å². The molecular weight excluding hydrogens is 232 g/mol. The van der Waals surface area contributed by atoms with Gasteiger partial charge in [-0.15, -0.1) is 0 Å². The van der Waals surface area contributed by atoms with E-state index in [0.717, 1.165) is 25.0 Å². The van der Waals surface area contributed by atoms with Gasteiger partial charge in [0.15, 0.2) is 11.6 Å². The van der Waals surface area contributed by atoms with Crippen LogP contribution in [0.1, 0.15) is 38.3 Å². The molecule has 0 radical (unpaired) electrons. The Bertz CT molecular complexity index is 368. The van der Waals surface area contributed by atoms with E-state index in [1.165, 1.54) is 0 Å². The van der Waals surface area contributed by atoms with Crippen LogP contribution in [0.4, 0.5) is 8.78 Å². The Balaban J connectivity index is 2.99. The van der Waals surface area contributed by atoms with Gasteiger partial charge in [-0.3, -0.25) is 0 Å². The first-order valence-corrected chi connectivity index (χ1v) is 5.75. The van der Waals surface area contributed by atoms with Gasteiger partial charge in [-0.2, -0.15) is 0 Å². The lowest BCUT2D eigenvalue weighted by Crippen LogP contribution is -2.19. The van der Waals surface area contributed by atoms with Gasteiger partial charge in [0.2, 0.25) is 0 Å². The molecule has 4 heteroatoms. The summed E-state index contributed by atoms with van der Waals surface area (Å²) in [6, 6.07) is 1.71. The number of benzene rings is 1. The van der Waals surface area contributed by atoms with Crippen LogP contribution in [-0.4, -0.2) is 0 Å². The van der Waals surface area contributed by atoms with Gasteiger partial charge in [0.1, 0.15) is 0 Å². The zero-order chi connectivity index (χ0) is 12.3. The largest absolute Gasteiger partial charge is 0.324 e. The predicted molar refractivity (Wildman–Crippen MR) is 62.4 cm³/mol. The third kappa shape index (κ3) is 2.92. The van der Waals surface area contributed by atoms with Crippen LogP contribution in [0.25, 0.3) is 0 Å². The van der Waals surface area contributed by atoms with E-state index >= 15 is 0 Å². The van der Waals surface area contributed by atoms with Crippen molar-refractivity contribution in [2.45, 2.75) is 32.7 Å². The van der Waals surface area contributed by atoms with Crippen molar-refractivity contribution in [3.8, 4) is 0 Å². The number of hydrogen-bond donors (Lipinski definition) is 1. The molecule has 1 rings (SSSR count). The highest BCUT2D eigenvalue weighted by atomic mass is 35.5. The highest BCUT2D eigenvalue weighted by Crippen LogP contribution is 2.30.